The van der Waals surface area contributed by atoms with Crippen LogP contribution >= 0.6 is 0 Å². The van der Waals surface area contributed by atoms with Crippen molar-refractivity contribution in [3.8, 4) is 0 Å². The molecule has 0 saturated heterocycles. The number of rotatable bonds is 6. The van der Waals surface area contributed by atoms with Gasteiger partial charge in [0.2, 0.25) is 0 Å². The first kappa shape index (κ1) is 17.4. The number of carbonyl (C=O) groups excluding carboxylic acids is 1. The second-order valence-electron chi connectivity index (χ2n) is 5.92. The molecule has 0 saturated carbocycles. The number of amides is 1. The van der Waals surface area contributed by atoms with Gasteiger partial charge in [0.05, 0.1) is 16.9 Å². The van der Waals surface area contributed by atoms with Gasteiger partial charge in [-0.2, -0.15) is 5.10 Å². The van der Waals surface area contributed by atoms with Gasteiger partial charge in [0.25, 0.3) is 11.6 Å². The maximum absolute atomic E-state index is 12.4. The third kappa shape index (κ3) is 3.64. The highest BCUT2D eigenvalue weighted by atomic mass is 16.6. The van der Waals surface area contributed by atoms with Crippen molar-refractivity contribution in [2.75, 3.05) is 6.54 Å². The minimum absolute atomic E-state index is 0.0577. The number of nitrogens with one attached hydrogen (secondary N) is 1. The lowest BCUT2D eigenvalue weighted by Crippen LogP contribution is -2.32. The number of non-ortho nitro benzene ring substituents is 1. The fraction of sp³-hybridized carbons (Fsp3) is 0.222. The number of nitro groups is 1. The largest absolute Gasteiger partial charge is 0.467 e. The predicted molar refractivity (Wildman–Crippen MR) is 94.0 cm³/mol. The fourth-order valence-corrected chi connectivity index (χ4v) is 2.78. The molecule has 0 fully saturated rings. The minimum Gasteiger partial charge on any atom is -0.467 e. The summed E-state index contributed by atoms with van der Waals surface area (Å²) in [5.74, 6) is 0.359. The zero-order chi connectivity index (χ0) is 18.7. The van der Waals surface area contributed by atoms with E-state index in [1.165, 1.54) is 24.3 Å². The van der Waals surface area contributed by atoms with Gasteiger partial charge in [-0.3, -0.25) is 19.6 Å². The van der Waals surface area contributed by atoms with Crippen LogP contribution in [0.15, 0.2) is 53.1 Å². The van der Waals surface area contributed by atoms with Gasteiger partial charge in [0, 0.05) is 29.9 Å². The number of aromatic nitrogens is 2. The van der Waals surface area contributed by atoms with Crippen molar-refractivity contribution < 1.29 is 14.1 Å². The monoisotopic (exact) mass is 354 g/mol. The van der Waals surface area contributed by atoms with E-state index in [0.29, 0.717) is 11.3 Å². The summed E-state index contributed by atoms with van der Waals surface area (Å²) in [6, 6.07) is 10.7. The highest BCUT2D eigenvalue weighted by molar-refractivity contribution is 5.94. The summed E-state index contributed by atoms with van der Waals surface area (Å²) in [4.78, 5) is 22.6. The molecule has 1 amide bonds. The van der Waals surface area contributed by atoms with E-state index >= 15 is 0 Å². The van der Waals surface area contributed by atoms with Gasteiger partial charge in [-0.15, -0.1) is 0 Å². The van der Waals surface area contributed by atoms with E-state index in [0.717, 1.165) is 11.4 Å². The molecule has 3 rings (SSSR count). The van der Waals surface area contributed by atoms with Crippen LogP contribution in [0, 0.1) is 24.0 Å². The number of aryl methyl sites for hydroxylation is 2. The van der Waals surface area contributed by atoms with Gasteiger partial charge in [-0.1, -0.05) is 0 Å². The highest BCUT2D eigenvalue weighted by Crippen LogP contribution is 2.20. The fourth-order valence-electron chi connectivity index (χ4n) is 2.78. The van der Waals surface area contributed by atoms with Crippen LogP contribution in [0.1, 0.15) is 33.5 Å². The summed E-state index contributed by atoms with van der Waals surface area (Å²) in [5, 5.41) is 18.0. The molecule has 0 spiro atoms. The van der Waals surface area contributed by atoms with E-state index < -0.39 is 4.92 Å². The molecule has 1 N–H and O–H groups in total. The van der Waals surface area contributed by atoms with Crippen molar-refractivity contribution in [2.45, 2.75) is 19.9 Å². The van der Waals surface area contributed by atoms with E-state index in [9.17, 15) is 14.9 Å². The predicted octanol–water partition coefficient (Wildman–Crippen LogP) is 3.02. The van der Waals surface area contributed by atoms with Crippen molar-refractivity contribution in [1.82, 2.24) is 15.1 Å². The maximum atomic E-state index is 12.4. The standard InChI is InChI=1S/C18H18N4O4/c1-12-10-13(2)21(20-12)16(17-4-3-9-26-17)11-19-18(23)14-5-7-15(8-6-14)22(24)25/h3-10,16H,11H2,1-2H3,(H,19,23). The van der Waals surface area contributed by atoms with Crippen molar-refractivity contribution in [2.24, 2.45) is 0 Å². The smallest absolute Gasteiger partial charge is 0.269 e. The molecule has 0 aliphatic heterocycles. The van der Waals surface area contributed by atoms with Crippen molar-refractivity contribution in [3.63, 3.8) is 0 Å². The van der Waals surface area contributed by atoms with Crippen LogP contribution in [0.2, 0.25) is 0 Å². The Bertz CT molecular complexity index is 913. The molecule has 0 aliphatic carbocycles. The minimum atomic E-state index is -0.503. The van der Waals surface area contributed by atoms with Gasteiger partial charge in [-0.25, -0.2) is 0 Å². The lowest BCUT2D eigenvalue weighted by molar-refractivity contribution is -0.384. The SMILES string of the molecule is Cc1cc(C)n(C(CNC(=O)c2ccc([N+](=O)[O-])cc2)c2ccco2)n1. The Morgan fingerprint density at radius 2 is 2.04 bits per heavy atom. The molecule has 134 valence electrons. The van der Waals surface area contributed by atoms with E-state index in [1.54, 1.807) is 12.3 Å². The Hall–Kier alpha value is -3.42. The molecule has 1 atom stereocenters. The molecular weight excluding hydrogens is 336 g/mol. The molecule has 0 aliphatic rings. The lowest BCUT2D eigenvalue weighted by atomic mass is 10.1. The van der Waals surface area contributed by atoms with Crippen LogP contribution in [0.5, 0.6) is 0 Å². The van der Waals surface area contributed by atoms with E-state index in [2.05, 4.69) is 10.4 Å². The molecule has 8 heteroatoms. The molecule has 1 aromatic carbocycles. The third-order valence-electron chi connectivity index (χ3n) is 4.01. The van der Waals surface area contributed by atoms with Crippen molar-refractivity contribution in [3.05, 3.63) is 81.6 Å². The quantitative estimate of drug-likeness (QED) is 0.541. The van der Waals surface area contributed by atoms with E-state index in [-0.39, 0.29) is 24.2 Å². The number of carbonyl (C=O) groups is 1. The Morgan fingerprint density at radius 1 is 1.31 bits per heavy atom. The van der Waals surface area contributed by atoms with Gasteiger partial charge in [-0.05, 0) is 44.2 Å². The summed E-state index contributed by atoms with van der Waals surface area (Å²) < 4.78 is 7.32. The van der Waals surface area contributed by atoms with Gasteiger partial charge in [0.1, 0.15) is 11.8 Å². The summed E-state index contributed by atoms with van der Waals surface area (Å²) >= 11 is 0. The van der Waals surface area contributed by atoms with Gasteiger partial charge in [0.15, 0.2) is 0 Å². The normalized spacial score (nSPS) is 11.9. The molecule has 0 radical (unpaired) electrons. The zero-order valence-electron chi connectivity index (χ0n) is 14.4. The molecule has 26 heavy (non-hydrogen) atoms. The maximum Gasteiger partial charge on any atom is 0.269 e. The third-order valence-corrected chi connectivity index (χ3v) is 4.01. The number of hydrogen-bond donors (Lipinski definition) is 1. The van der Waals surface area contributed by atoms with Crippen LogP contribution in [0.3, 0.4) is 0 Å². The van der Waals surface area contributed by atoms with Crippen LogP contribution in [-0.4, -0.2) is 27.2 Å². The topological polar surface area (TPSA) is 103 Å². The second kappa shape index (κ2) is 7.22. The Balaban J connectivity index is 1.76. The molecule has 2 heterocycles. The zero-order valence-corrected chi connectivity index (χ0v) is 14.4. The number of nitro benzene ring substituents is 1. The average molecular weight is 354 g/mol. The summed E-state index contributed by atoms with van der Waals surface area (Å²) in [6.45, 7) is 4.11. The Labute approximate surface area is 149 Å². The van der Waals surface area contributed by atoms with Crippen LogP contribution < -0.4 is 5.32 Å². The number of benzene rings is 1. The number of furan rings is 1. The van der Waals surface area contributed by atoms with Crippen LogP contribution in [0.25, 0.3) is 0 Å². The Kier molecular flexibility index (Phi) is 4.83. The second-order valence-corrected chi connectivity index (χ2v) is 5.92. The first-order valence-electron chi connectivity index (χ1n) is 8.04. The molecule has 1 unspecified atom stereocenters. The van der Waals surface area contributed by atoms with Crippen LogP contribution in [-0.2, 0) is 0 Å². The first-order chi connectivity index (χ1) is 12.5. The molecule has 0 bridgehead atoms. The summed E-state index contributed by atoms with van der Waals surface area (Å²) in [7, 11) is 0. The van der Waals surface area contributed by atoms with E-state index in [4.69, 9.17) is 4.42 Å². The lowest BCUT2D eigenvalue weighted by Gasteiger charge is -2.18. The molecule has 3 aromatic rings. The molecule has 2 aromatic heterocycles. The van der Waals surface area contributed by atoms with Gasteiger partial charge >= 0.3 is 0 Å². The van der Waals surface area contributed by atoms with Crippen molar-refractivity contribution in [1.29, 1.82) is 0 Å². The first-order valence-corrected chi connectivity index (χ1v) is 8.04. The summed E-state index contributed by atoms with van der Waals surface area (Å²) in [5.41, 5.74) is 2.12. The number of hydrogen-bond acceptors (Lipinski definition) is 5. The molecule has 8 nitrogen and oxygen atoms in total. The summed E-state index contributed by atoms with van der Waals surface area (Å²) in [6.07, 6.45) is 1.58. The van der Waals surface area contributed by atoms with Gasteiger partial charge < -0.3 is 9.73 Å². The Morgan fingerprint density at radius 3 is 2.58 bits per heavy atom. The average Bonchev–Trinajstić information content (AvgIpc) is 3.25. The van der Waals surface area contributed by atoms with Crippen molar-refractivity contribution >= 4 is 11.6 Å². The van der Waals surface area contributed by atoms with Crippen LogP contribution in [0.4, 0.5) is 5.69 Å². The van der Waals surface area contributed by atoms with E-state index in [1.807, 2.05) is 30.7 Å². The number of nitrogens with zero attached hydrogens (tertiary/aromatic N) is 3. The molecular formula is C18H18N4O4. The highest BCUT2D eigenvalue weighted by Gasteiger charge is 2.21.